The lowest BCUT2D eigenvalue weighted by Crippen LogP contribution is -2.50. The third-order valence-corrected chi connectivity index (χ3v) is 4.20. The molecule has 0 N–H and O–H groups in total. The summed E-state index contributed by atoms with van der Waals surface area (Å²) in [5.41, 5.74) is 0.982. The Morgan fingerprint density at radius 2 is 2.16 bits per heavy atom. The fourth-order valence-corrected chi connectivity index (χ4v) is 3.14. The first-order valence-electron chi connectivity index (χ1n) is 6.91. The third-order valence-electron chi connectivity index (χ3n) is 4.20. The minimum Gasteiger partial charge on any atom is -0.496 e. The third kappa shape index (κ3) is 2.45. The Kier molecular flexibility index (Phi) is 3.42. The summed E-state index contributed by atoms with van der Waals surface area (Å²) < 4.78 is 5.32. The van der Waals surface area contributed by atoms with Crippen molar-refractivity contribution < 1.29 is 9.53 Å². The quantitative estimate of drug-likeness (QED) is 0.817. The largest absolute Gasteiger partial charge is 0.496 e. The Bertz CT molecular complexity index is 475. The van der Waals surface area contributed by atoms with E-state index in [1.807, 2.05) is 24.3 Å². The molecule has 0 aromatic heterocycles. The SMILES string of the molecule is COc1ccccc1CC(=O)N1CCN2CCC1C2. The van der Waals surface area contributed by atoms with E-state index in [0.29, 0.717) is 12.5 Å². The molecular weight excluding hydrogens is 240 g/mol. The summed E-state index contributed by atoms with van der Waals surface area (Å²) in [6.07, 6.45) is 1.57. The van der Waals surface area contributed by atoms with Crippen molar-refractivity contribution in [1.82, 2.24) is 9.80 Å². The molecule has 2 fully saturated rings. The molecule has 3 rings (SSSR count). The molecule has 102 valence electrons. The van der Waals surface area contributed by atoms with Crippen molar-refractivity contribution in [1.29, 1.82) is 0 Å². The zero-order valence-corrected chi connectivity index (χ0v) is 11.3. The lowest BCUT2D eigenvalue weighted by atomic mass is 10.1. The highest BCUT2D eigenvalue weighted by atomic mass is 16.5. The minimum atomic E-state index is 0.232. The first-order valence-corrected chi connectivity index (χ1v) is 6.91. The molecule has 2 heterocycles. The van der Waals surface area contributed by atoms with Crippen molar-refractivity contribution in [2.45, 2.75) is 18.9 Å². The molecule has 0 radical (unpaired) electrons. The summed E-state index contributed by atoms with van der Waals surface area (Å²) in [6.45, 7) is 4.09. The van der Waals surface area contributed by atoms with Gasteiger partial charge in [0.2, 0.25) is 5.91 Å². The lowest BCUT2D eigenvalue weighted by Gasteiger charge is -2.34. The zero-order chi connectivity index (χ0) is 13.2. The second-order valence-corrected chi connectivity index (χ2v) is 5.32. The highest BCUT2D eigenvalue weighted by Gasteiger charge is 2.34. The number of ether oxygens (including phenoxy) is 1. The minimum absolute atomic E-state index is 0.232. The van der Waals surface area contributed by atoms with Crippen LogP contribution in [0.15, 0.2) is 24.3 Å². The number of para-hydroxylation sites is 1. The molecule has 2 atom stereocenters. The average Bonchev–Trinajstić information content (AvgIpc) is 2.81. The summed E-state index contributed by atoms with van der Waals surface area (Å²) in [6, 6.07) is 8.20. The van der Waals surface area contributed by atoms with E-state index in [9.17, 15) is 4.79 Å². The summed E-state index contributed by atoms with van der Waals surface area (Å²) in [7, 11) is 1.65. The van der Waals surface area contributed by atoms with Crippen molar-refractivity contribution in [3.8, 4) is 5.75 Å². The molecular formula is C15H20N2O2. The van der Waals surface area contributed by atoms with Crippen molar-refractivity contribution in [2.75, 3.05) is 33.3 Å². The van der Waals surface area contributed by atoms with Crippen LogP contribution in [0.2, 0.25) is 0 Å². The van der Waals surface area contributed by atoms with Crippen LogP contribution < -0.4 is 4.74 Å². The van der Waals surface area contributed by atoms with Crippen LogP contribution in [0.25, 0.3) is 0 Å². The molecule has 2 unspecified atom stereocenters. The molecule has 4 nitrogen and oxygen atoms in total. The second-order valence-electron chi connectivity index (χ2n) is 5.32. The number of carbonyl (C=O) groups is 1. The van der Waals surface area contributed by atoms with E-state index in [2.05, 4.69) is 9.80 Å². The predicted molar refractivity (Wildman–Crippen MR) is 73.3 cm³/mol. The number of hydrogen-bond donors (Lipinski definition) is 0. The lowest BCUT2D eigenvalue weighted by molar-refractivity contribution is -0.133. The number of carbonyl (C=O) groups excluding carboxylic acids is 1. The van der Waals surface area contributed by atoms with Gasteiger partial charge < -0.3 is 9.64 Å². The smallest absolute Gasteiger partial charge is 0.227 e. The van der Waals surface area contributed by atoms with Gasteiger partial charge in [0, 0.05) is 37.8 Å². The fourth-order valence-electron chi connectivity index (χ4n) is 3.14. The summed E-state index contributed by atoms with van der Waals surface area (Å²) in [5, 5.41) is 0. The van der Waals surface area contributed by atoms with Gasteiger partial charge in [0.25, 0.3) is 0 Å². The number of piperazine rings is 1. The van der Waals surface area contributed by atoms with E-state index in [4.69, 9.17) is 4.74 Å². The van der Waals surface area contributed by atoms with Crippen LogP contribution in [0.3, 0.4) is 0 Å². The number of fused-ring (bicyclic) bond motifs is 2. The van der Waals surface area contributed by atoms with Crippen LogP contribution in [0.4, 0.5) is 0 Å². The fraction of sp³-hybridized carbons (Fsp3) is 0.533. The van der Waals surface area contributed by atoms with Crippen molar-refractivity contribution >= 4 is 5.91 Å². The van der Waals surface area contributed by atoms with E-state index < -0.39 is 0 Å². The molecule has 2 saturated heterocycles. The van der Waals surface area contributed by atoms with Gasteiger partial charge in [-0.25, -0.2) is 0 Å². The molecule has 19 heavy (non-hydrogen) atoms. The van der Waals surface area contributed by atoms with Gasteiger partial charge in [-0.1, -0.05) is 18.2 Å². The van der Waals surface area contributed by atoms with E-state index in [1.165, 1.54) is 0 Å². The van der Waals surface area contributed by atoms with Crippen LogP contribution in [0.5, 0.6) is 5.75 Å². The molecule has 4 heteroatoms. The number of hydrogen-bond acceptors (Lipinski definition) is 3. The van der Waals surface area contributed by atoms with Gasteiger partial charge in [-0.2, -0.15) is 0 Å². The predicted octanol–water partition coefficient (Wildman–Crippen LogP) is 1.15. The Labute approximate surface area is 113 Å². The normalized spacial score (nSPS) is 25.4. The Morgan fingerprint density at radius 1 is 1.32 bits per heavy atom. The molecule has 1 amide bonds. The number of methoxy groups -OCH3 is 1. The molecule has 0 saturated carbocycles. The number of benzene rings is 1. The second kappa shape index (κ2) is 5.21. The van der Waals surface area contributed by atoms with E-state index in [0.717, 1.165) is 43.9 Å². The first kappa shape index (κ1) is 12.5. The Morgan fingerprint density at radius 3 is 3.00 bits per heavy atom. The Balaban J connectivity index is 1.71. The number of rotatable bonds is 3. The zero-order valence-electron chi connectivity index (χ0n) is 11.3. The van der Waals surface area contributed by atoms with Gasteiger partial charge in [-0.05, 0) is 12.5 Å². The van der Waals surface area contributed by atoms with Gasteiger partial charge in [0.1, 0.15) is 5.75 Å². The number of amides is 1. The molecule has 0 spiro atoms. The summed E-state index contributed by atoms with van der Waals surface area (Å²) in [5.74, 6) is 1.04. The van der Waals surface area contributed by atoms with Gasteiger partial charge in [0.05, 0.1) is 13.5 Å². The van der Waals surface area contributed by atoms with Crippen LogP contribution in [-0.2, 0) is 11.2 Å². The van der Waals surface area contributed by atoms with Gasteiger partial charge in [-0.15, -0.1) is 0 Å². The average molecular weight is 260 g/mol. The maximum Gasteiger partial charge on any atom is 0.227 e. The van der Waals surface area contributed by atoms with Crippen LogP contribution in [-0.4, -0.2) is 55.0 Å². The van der Waals surface area contributed by atoms with Gasteiger partial charge in [-0.3, -0.25) is 9.69 Å². The van der Waals surface area contributed by atoms with Gasteiger partial charge in [0.15, 0.2) is 0 Å². The molecule has 0 aliphatic carbocycles. The summed E-state index contributed by atoms with van der Waals surface area (Å²) in [4.78, 5) is 17.0. The molecule has 2 bridgehead atoms. The standard InChI is InChI=1S/C15H20N2O2/c1-19-14-5-3-2-4-12(14)10-15(18)17-9-8-16-7-6-13(17)11-16/h2-5,13H,6-11H2,1H3. The first-order chi connectivity index (χ1) is 9.28. The van der Waals surface area contributed by atoms with Crippen LogP contribution >= 0.6 is 0 Å². The molecule has 2 aliphatic rings. The molecule has 2 aliphatic heterocycles. The van der Waals surface area contributed by atoms with Crippen LogP contribution in [0, 0.1) is 0 Å². The van der Waals surface area contributed by atoms with Crippen molar-refractivity contribution in [3.05, 3.63) is 29.8 Å². The van der Waals surface area contributed by atoms with E-state index in [-0.39, 0.29) is 5.91 Å². The molecule has 1 aromatic rings. The molecule has 1 aromatic carbocycles. The van der Waals surface area contributed by atoms with E-state index >= 15 is 0 Å². The summed E-state index contributed by atoms with van der Waals surface area (Å²) >= 11 is 0. The number of nitrogens with zero attached hydrogens (tertiary/aromatic N) is 2. The monoisotopic (exact) mass is 260 g/mol. The van der Waals surface area contributed by atoms with Crippen LogP contribution in [0.1, 0.15) is 12.0 Å². The van der Waals surface area contributed by atoms with E-state index in [1.54, 1.807) is 7.11 Å². The highest BCUT2D eigenvalue weighted by molar-refractivity contribution is 5.80. The maximum atomic E-state index is 12.5. The van der Waals surface area contributed by atoms with Crippen molar-refractivity contribution in [3.63, 3.8) is 0 Å². The topological polar surface area (TPSA) is 32.8 Å². The van der Waals surface area contributed by atoms with Crippen molar-refractivity contribution in [2.24, 2.45) is 0 Å². The Hall–Kier alpha value is -1.55. The highest BCUT2D eigenvalue weighted by Crippen LogP contribution is 2.23. The maximum absolute atomic E-state index is 12.5. The van der Waals surface area contributed by atoms with Gasteiger partial charge >= 0.3 is 0 Å².